The molecule has 0 fully saturated rings. The molecule has 6 rings (SSSR count). The Hall–Kier alpha value is -5.03. The zero-order valence-electron chi connectivity index (χ0n) is 20.3. The first-order chi connectivity index (χ1) is 18.2. The van der Waals surface area contributed by atoms with Gasteiger partial charge in [-0.3, -0.25) is 4.99 Å². The molecule has 0 bridgehead atoms. The van der Waals surface area contributed by atoms with E-state index in [1.165, 1.54) is 0 Å². The number of hydrogen-bond donors (Lipinski definition) is 0. The maximum Gasteiger partial charge on any atom is 0.227 e. The highest BCUT2D eigenvalue weighted by Crippen LogP contribution is 2.30. The number of nitrogens with zero attached hydrogens (tertiary/aromatic N) is 3. The minimum Gasteiger partial charge on any atom is -0.436 e. The average Bonchev–Trinajstić information content (AvgIpc) is 3.58. The Balaban J connectivity index is 1.34. The Morgan fingerprint density at radius 3 is 1.81 bits per heavy atom. The number of aromatic nitrogens is 2. The average molecular weight is 482 g/mol. The normalized spacial score (nSPS) is 12.4. The summed E-state index contributed by atoms with van der Waals surface area (Å²) in [6, 6.07) is 31.8. The smallest absolute Gasteiger partial charge is 0.227 e. The van der Waals surface area contributed by atoms with Gasteiger partial charge in [0, 0.05) is 22.9 Å². The van der Waals surface area contributed by atoms with Crippen LogP contribution in [0.15, 0.2) is 123 Å². The highest BCUT2D eigenvalue weighted by Gasteiger charge is 2.11. The molecule has 0 atom stereocenters. The van der Waals surface area contributed by atoms with Gasteiger partial charge in [-0.1, -0.05) is 48.5 Å². The van der Waals surface area contributed by atoms with Gasteiger partial charge in [0.15, 0.2) is 11.2 Å². The second-order valence-corrected chi connectivity index (χ2v) is 8.73. The molecule has 6 aromatic rings. The Labute approximate surface area is 214 Å². The van der Waals surface area contributed by atoms with Crippen molar-refractivity contribution in [1.29, 1.82) is 0 Å². The number of aliphatic imine (C=N–C) groups is 1. The molecule has 0 saturated heterocycles. The summed E-state index contributed by atoms with van der Waals surface area (Å²) in [6.07, 6.45) is 3.87. The monoisotopic (exact) mass is 481 g/mol. The molecular formula is C32H23N3O2. The van der Waals surface area contributed by atoms with Crippen molar-refractivity contribution in [3.8, 4) is 22.9 Å². The summed E-state index contributed by atoms with van der Waals surface area (Å²) >= 11 is 0. The largest absolute Gasteiger partial charge is 0.436 e. The van der Waals surface area contributed by atoms with Crippen LogP contribution < -0.4 is 0 Å². The third-order valence-electron chi connectivity index (χ3n) is 6.20. The van der Waals surface area contributed by atoms with Gasteiger partial charge in [0.1, 0.15) is 11.0 Å². The van der Waals surface area contributed by atoms with Crippen molar-refractivity contribution >= 4 is 40.1 Å². The molecule has 4 aromatic carbocycles. The van der Waals surface area contributed by atoms with E-state index in [1.807, 2.05) is 78.9 Å². The fourth-order valence-corrected chi connectivity index (χ4v) is 4.33. The van der Waals surface area contributed by atoms with Crippen LogP contribution in [0.5, 0.6) is 0 Å². The summed E-state index contributed by atoms with van der Waals surface area (Å²) in [5.41, 5.74) is 9.08. The summed E-state index contributed by atoms with van der Waals surface area (Å²) in [4.78, 5) is 13.3. The van der Waals surface area contributed by atoms with Gasteiger partial charge in [-0.25, -0.2) is 9.97 Å². The lowest BCUT2D eigenvalue weighted by Crippen LogP contribution is -1.87. The first kappa shape index (κ1) is 22.4. The number of hydrogen-bond acceptors (Lipinski definition) is 5. The summed E-state index contributed by atoms with van der Waals surface area (Å²) in [7, 11) is 0. The van der Waals surface area contributed by atoms with Crippen molar-refractivity contribution in [2.45, 2.75) is 6.92 Å². The van der Waals surface area contributed by atoms with Gasteiger partial charge in [-0.15, -0.1) is 0 Å². The molecule has 0 N–H and O–H groups in total. The van der Waals surface area contributed by atoms with Crippen molar-refractivity contribution < 1.29 is 8.83 Å². The van der Waals surface area contributed by atoms with Gasteiger partial charge < -0.3 is 8.83 Å². The molecule has 5 nitrogen and oxygen atoms in total. The summed E-state index contributed by atoms with van der Waals surface area (Å²) in [6.45, 7) is 5.76. The number of fused-ring (bicyclic) bond motifs is 2. The molecule has 2 aromatic heterocycles. The van der Waals surface area contributed by atoms with Crippen LogP contribution in [-0.4, -0.2) is 16.7 Å². The predicted octanol–water partition coefficient (Wildman–Crippen LogP) is 8.45. The first-order valence-electron chi connectivity index (χ1n) is 11.9. The van der Waals surface area contributed by atoms with Gasteiger partial charge in [0.25, 0.3) is 0 Å². The zero-order chi connectivity index (χ0) is 25.2. The predicted molar refractivity (Wildman–Crippen MR) is 150 cm³/mol. The van der Waals surface area contributed by atoms with Crippen LogP contribution in [0.25, 0.3) is 56.3 Å². The van der Waals surface area contributed by atoms with E-state index in [1.54, 1.807) is 6.20 Å². The Morgan fingerprint density at radius 2 is 1.24 bits per heavy atom. The van der Waals surface area contributed by atoms with Gasteiger partial charge >= 0.3 is 0 Å². The van der Waals surface area contributed by atoms with Crippen molar-refractivity contribution in [1.82, 2.24) is 9.97 Å². The van der Waals surface area contributed by atoms with Gasteiger partial charge in [0.2, 0.25) is 11.8 Å². The van der Waals surface area contributed by atoms with Crippen molar-refractivity contribution in [3.63, 3.8) is 0 Å². The number of benzene rings is 4. The third-order valence-corrected chi connectivity index (χ3v) is 6.20. The van der Waals surface area contributed by atoms with E-state index >= 15 is 0 Å². The lowest BCUT2D eigenvalue weighted by atomic mass is 9.98. The quantitative estimate of drug-likeness (QED) is 0.177. The highest BCUT2D eigenvalue weighted by molar-refractivity contribution is 5.86. The Bertz CT molecular complexity index is 1750. The van der Waals surface area contributed by atoms with E-state index in [2.05, 4.69) is 52.9 Å². The number of allylic oxidation sites excluding steroid dienone is 3. The van der Waals surface area contributed by atoms with Crippen LogP contribution >= 0.6 is 0 Å². The van der Waals surface area contributed by atoms with Crippen molar-refractivity contribution in [2.24, 2.45) is 4.99 Å². The van der Waals surface area contributed by atoms with Crippen LogP contribution in [0.1, 0.15) is 18.1 Å². The van der Waals surface area contributed by atoms with Crippen LogP contribution in [0.3, 0.4) is 0 Å². The van der Waals surface area contributed by atoms with Crippen LogP contribution in [0, 0.1) is 0 Å². The lowest BCUT2D eigenvalue weighted by molar-refractivity contribution is 0.619. The van der Waals surface area contributed by atoms with Gasteiger partial charge in [-0.2, -0.15) is 0 Å². The molecule has 0 radical (unpaired) electrons. The van der Waals surface area contributed by atoms with E-state index in [-0.39, 0.29) is 0 Å². The molecule has 0 aliphatic heterocycles. The molecule has 0 saturated carbocycles. The summed E-state index contributed by atoms with van der Waals surface area (Å²) in [5, 5.41) is 0. The third kappa shape index (κ3) is 4.50. The maximum atomic E-state index is 5.98. The zero-order valence-corrected chi connectivity index (χ0v) is 20.3. The fourth-order valence-electron chi connectivity index (χ4n) is 4.33. The van der Waals surface area contributed by atoms with E-state index in [4.69, 9.17) is 8.83 Å². The van der Waals surface area contributed by atoms with E-state index in [0.717, 1.165) is 55.6 Å². The Kier molecular flexibility index (Phi) is 5.79. The fraction of sp³-hybridized carbons (Fsp3) is 0.0312. The minimum absolute atomic E-state index is 0.584. The standard InChI is InChI=1S/C32H23N3O2/c1-21(22-9-7-11-24(18-22)31-34-27-13-3-5-15-29(27)36-31)17-26(20-33-2)23-10-8-12-25(19-23)32-35-28-14-4-6-16-30(28)37-32/h3-20H,2H2,1H3/b21-17+,26-20+. The molecule has 0 aliphatic carbocycles. The molecule has 5 heteroatoms. The van der Waals surface area contributed by atoms with E-state index in [0.29, 0.717) is 11.8 Å². The number of oxazole rings is 2. The first-order valence-corrected chi connectivity index (χ1v) is 11.9. The maximum absolute atomic E-state index is 5.98. The van der Waals surface area contributed by atoms with Crippen LogP contribution in [0.2, 0.25) is 0 Å². The van der Waals surface area contributed by atoms with Crippen molar-refractivity contribution in [3.05, 3.63) is 120 Å². The summed E-state index contributed by atoms with van der Waals surface area (Å²) in [5.74, 6) is 1.19. The SMILES string of the molecule is C=N/C=C(\C=C(/C)c1cccc(-c2nc3ccccc3o2)c1)c1cccc(-c2nc3ccccc3o2)c1. The van der Waals surface area contributed by atoms with E-state index < -0.39 is 0 Å². The number of para-hydroxylation sites is 4. The molecule has 0 spiro atoms. The second kappa shape index (κ2) is 9.55. The van der Waals surface area contributed by atoms with Crippen LogP contribution in [-0.2, 0) is 0 Å². The van der Waals surface area contributed by atoms with Gasteiger partial charge in [-0.05, 0) is 84.9 Å². The van der Waals surface area contributed by atoms with Gasteiger partial charge in [0.05, 0.1) is 0 Å². The lowest BCUT2D eigenvalue weighted by Gasteiger charge is -2.08. The topological polar surface area (TPSA) is 64.4 Å². The van der Waals surface area contributed by atoms with Crippen LogP contribution in [0.4, 0.5) is 0 Å². The molecule has 2 heterocycles. The molecule has 178 valence electrons. The van der Waals surface area contributed by atoms with Crippen molar-refractivity contribution in [2.75, 3.05) is 0 Å². The second-order valence-electron chi connectivity index (χ2n) is 8.73. The molecular weight excluding hydrogens is 458 g/mol. The minimum atomic E-state index is 0.584. The molecule has 0 unspecified atom stereocenters. The van der Waals surface area contributed by atoms with E-state index in [9.17, 15) is 0 Å². The highest BCUT2D eigenvalue weighted by atomic mass is 16.4. The molecule has 0 aliphatic rings. The molecule has 0 amide bonds. The summed E-state index contributed by atoms with van der Waals surface area (Å²) < 4.78 is 12.0. The Morgan fingerprint density at radius 1 is 0.703 bits per heavy atom. The number of rotatable bonds is 6. The molecule has 37 heavy (non-hydrogen) atoms.